The smallest absolute Gasteiger partial charge is 0.150 e. The summed E-state index contributed by atoms with van der Waals surface area (Å²) in [6, 6.07) is 64.7. The number of fused-ring (bicyclic) bond motifs is 12. The van der Waals surface area contributed by atoms with Gasteiger partial charge in [0.1, 0.15) is 6.29 Å². The minimum Gasteiger partial charge on any atom is -0.310 e. The van der Waals surface area contributed by atoms with Gasteiger partial charge in [0.25, 0.3) is 0 Å². The van der Waals surface area contributed by atoms with E-state index in [0.717, 1.165) is 73.1 Å². The summed E-state index contributed by atoms with van der Waals surface area (Å²) in [7, 11) is 0. The van der Waals surface area contributed by atoms with Crippen LogP contribution in [0.5, 0.6) is 0 Å². The second-order valence-corrected chi connectivity index (χ2v) is 19.0. The van der Waals surface area contributed by atoms with Gasteiger partial charge in [0.2, 0.25) is 0 Å². The SMILES string of the molecule is CCC1(CC)c2cc(N(c3ccccc3)c3ccccc3)ccc2-c2c3c(c4c(c21)-c1ccc(C=O)cc1C4(CC)CC)C(CC)(CC)c1cc(N(c2ccccc2)c2ccccc2)ccc1-3. The zero-order valence-corrected chi connectivity index (χ0v) is 39.9. The average molecular weight is 873 g/mol. The van der Waals surface area contributed by atoms with Crippen LogP contribution in [0.3, 0.4) is 0 Å². The van der Waals surface area contributed by atoms with Crippen LogP contribution in [0, 0.1) is 0 Å². The number of hydrogen-bond donors (Lipinski definition) is 0. The predicted octanol–water partition coefficient (Wildman–Crippen LogP) is 17.7. The van der Waals surface area contributed by atoms with Gasteiger partial charge in [0.15, 0.2) is 0 Å². The molecule has 0 N–H and O–H groups in total. The minimum atomic E-state index is -0.270. The molecule has 0 heterocycles. The van der Waals surface area contributed by atoms with E-state index in [0.29, 0.717) is 0 Å². The first kappa shape index (κ1) is 42.7. The fourth-order valence-corrected chi connectivity index (χ4v) is 13.4. The Morgan fingerprint density at radius 3 is 1.03 bits per heavy atom. The summed E-state index contributed by atoms with van der Waals surface area (Å²) >= 11 is 0. The van der Waals surface area contributed by atoms with Crippen LogP contribution in [-0.2, 0) is 16.2 Å². The van der Waals surface area contributed by atoms with Crippen LogP contribution in [0.4, 0.5) is 34.1 Å². The third-order valence-corrected chi connectivity index (χ3v) is 16.7. The lowest BCUT2D eigenvalue weighted by molar-refractivity contribution is 0.112. The molecule has 0 saturated heterocycles. The first-order chi connectivity index (χ1) is 32.9. The Morgan fingerprint density at radius 1 is 0.343 bits per heavy atom. The van der Waals surface area contributed by atoms with Gasteiger partial charge in [-0.15, -0.1) is 0 Å². The van der Waals surface area contributed by atoms with E-state index in [1.807, 2.05) is 0 Å². The lowest BCUT2D eigenvalue weighted by Gasteiger charge is -2.40. The molecule has 3 aliphatic rings. The van der Waals surface area contributed by atoms with Crippen molar-refractivity contribution in [1.29, 1.82) is 0 Å². The van der Waals surface area contributed by atoms with Crippen molar-refractivity contribution in [3.05, 3.63) is 215 Å². The van der Waals surface area contributed by atoms with Crippen molar-refractivity contribution in [2.75, 3.05) is 9.80 Å². The van der Waals surface area contributed by atoms with Gasteiger partial charge >= 0.3 is 0 Å². The summed E-state index contributed by atoms with van der Waals surface area (Å²) in [5.41, 5.74) is 23.8. The van der Waals surface area contributed by atoms with Crippen molar-refractivity contribution in [2.24, 2.45) is 0 Å². The standard InChI is InChI=1S/C64H60N2O/c1-7-62(8-2)54-40-48(65(44-25-17-13-18-26-44)45-27-19-14-20-28-45)34-37-50(54)56-57-51-38-35-49(66(46-29-21-15-22-30-46)47-31-23-16-24-32-47)41-55(51)64(11-5,12-6)60(57)61-58(59(56)62)52-36-33-43(42-67)39-53(52)63(61,9-3)10-4/h13-42H,7-12H2,1-6H3. The highest BCUT2D eigenvalue weighted by molar-refractivity contribution is 6.07. The summed E-state index contributed by atoms with van der Waals surface area (Å²) < 4.78 is 0. The van der Waals surface area contributed by atoms with Crippen molar-refractivity contribution in [2.45, 2.75) is 96.3 Å². The maximum atomic E-state index is 12.7. The Kier molecular flexibility index (Phi) is 10.5. The lowest BCUT2D eigenvalue weighted by atomic mass is 9.63. The number of nitrogens with zero attached hydrogens (tertiary/aromatic N) is 2. The molecule has 67 heavy (non-hydrogen) atoms. The molecule has 0 unspecified atom stereocenters. The molecule has 3 heteroatoms. The van der Waals surface area contributed by atoms with E-state index in [4.69, 9.17) is 0 Å². The molecule has 11 rings (SSSR count). The zero-order valence-electron chi connectivity index (χ0n) is 39.9. The maximum absolute atomic E-state index is 12.7. The van der Waals surface area contributed by atoms with E-state index < -0.39 is 0 Å². The van der Waals surface area contributed by atoms with Crippen LogP contribution in [-0.4, -0.2) is 6.29 Å². The van der Waals surface area contributed by atoms with Crippen LogP contribution >= 0.6 is 0 Å². The summed E-state index contributed by atoms with van der Waals surface area (Å²) in [6.07, 6.45) is 6.80. The largest absolute Gasteiger partial charge is 0.310 e. The van der Waals surface area contributed by atoms with Gasteiger partial charge in [-0.3, -0.25) is 4.79 Å². The molecule has 3 nitrogen and oxygen atoms in total. The number of aldehydes is 1. The summed E-state index contributed by atoms with van der Waals surface area (Å²) in [5, 5.41) is 0. The quantitative estimate of drug-likeness (QED) is 0.108. The molecule has 0 aliphatic heterocycles. The Morgan fingerprint density at radius 2 is 0.657 bits per heavy atom. The van der Waals surface area contributed by atoms with Crippen LogP contribution in [0.15, 0.2) is 176 Å². The molecule has 8 aromatic rings. The number of anilines is 6. The van der Waals surface area contributed by atoms with Crippen molar-refractivity contribution >= 4 is 40.4 Å². The van der Waals surface area contributed by atoms with E-state index in [-0.39, 0.29) is 16.2 Å². The molecule has 0 fully saturated rings. The first-order valence-corrected chi connectivity index (χ1v) is 24.8. The van der Waals surface area contributed by atoms with Gasteiger partial charge in [0.05, 0.1) is 0 Å². The minimum absolute atomic E-state index is 0.259. The molecule has 0 aromatic heterocycles. The fraction of sp³-hybridized carbons (Fsp3) is 0.234. The lowest BCUT2D eigenvalue weighted by Crippen LogP contribution is -2.32. The van der Waals surface area contributed by atoms with E-state index in [1.165, 1.54) is 78.1 Å². The van der Waals surface area contributed by atoms with Crippen molar-refractivity contribution in [3.8, 4) is 33.4 Å². The van der Waals surface area contributed by atoms with Gasteiger partial charge in [-0.05, 0) is 184 Å². The van der Waals surface area contributed by atoms with Gasteiger partial charge in [0, 0.05) is 55.9 Å². The Hall–Kier alpha value is -6.97. The third-order valence-electron chi connectivity index (χ3n) is 16.7. The van der Waals surface area contributed by atoms with Gasteiger partial charge < -0.3 is 9.80 Å². The number of carbonyl (C=O) groups is 1. The predicted molar refractivity (Wildman–Crippen MR) is 282 cm³/mol. The van der Waals surface area contributed by atoms with E-state index >= 15 is 0 Å². The second kappa shape index (κ2) is 16.4. The number of benzene rings is 8. The normalized spacial score (nSPS) is 14.9. The summed E-state index contributed by atoms with van der Waals surface area (Å²) in [4.78, 5) is 17.6. The molecule has 0 radical (unpaired) electrons. The molecule has 8 aromatic carbocycles. The summed E-state index contributed by atoms with van der Waals surface area (Å²) in [5.74, 6) is 0. The van der Waals surface area contributed by atoms with Gasteiger partial charge in [-0.1, -0.05) is 139 Å². The molecular formula is C64H60N2O. The monoisotopic (exact) mass is 872 g/mol. The van der Waals surface area contributed by atoms with Crippen LogP contribution < -0.4 is 9.80 Å². The number of para-hydroxylation sites is 4. The molecule has 0 bridgehead atoms. The van der Waals surface area contributed by atoms with E-state index in [2.05, 4.69) is 227 Å². The second-order valence-electron chi connectivity index (χ2n) is 19.0. The Labute approximate surface area is 397 Å². The maximum Gasteiger partial charge on any atom is 0.150 e. The molecule has 0 atom stereocenters. The Bertz CT molecular complexity index is 3080. The molecule has 0 amide bonds. The van der Waals surface area contributed by atoms with E-state index in [9.17, 15) is 4.79 Å². The highest BCUT2D eigenvalue weighted by Gasteiger charge is 2.56. The average Bonchev–Trinajstić information content (AvgIpc) is 3.96. The van der Waals surface area contributed by atoms with Crippen molar-refractivity contribution < 1.29 is 4.79 Å². The fourth-order valence-electron chi connectivity index (χ4n) is 13.4. The summed E-state index contributed by atoms with van der Waals surface area (Å²) in [6.45, 7) is 14.5. The van der Waals surface area contributed by atoms with Crippen LogP contribution in [0.25, 0.3) is 33.4 Å². The molecular weight excluding hydrogens is 813 g/mol. The highest BCUT2D eigenvalue weighted by Crippen LogP contribution is 2.71. The topological polar surface area (TPSA) is 23.6 Å². The van der Waals surface area contributed by atoms with Crippen LogP contribution in [0.1, 0.15) is 124 Å². The first-order valence-electron chi connectivity index (χ1n) is 24.8. The highest BCUT2D eigenvalue weighted by atomic mass is 16.1. The third kappa shape index (κ3) is 5.92. The molecule has 0 spiro atoms. The molecule has 0 saturated carbocycles. The van der Waals surface area contributed by atoms with Crippen molar-refractivity contribution in [3.63, 3.8) is 0 Å². The Balaban J connectivity index is 1.27. The van der Waals surface area contributed by atoms with Crippen molar-refractivity contribution in [1.82, 2.24) is 0 Å². The molecule has 3 aliphatic carbocycles. The number of hydrogen-bond acceptors (Lipinski definition) is 3. The molecule has 332 valence electrons. The van der Waals surface area contributed by atoms with Crippen LogP contribution in [0.2, 0.25) is 0 Å². The zero-order chi connectivity index (χ0) is 46.1. The van der Waals surface area contributed by atoms with E-state index in [1.54, 1.807) is 0 Å². The number of carbonyl (C=O) groups excluding carboxylic acids is 1. The number of rotatable bonds is 13. The van der Waals surface area contributed by atoms with Gasteiger partial charge in [-0.2, -0.15) is 0 Å². The van der Waals surface area contributed by atoms with Gasteiger partial charge in [-0.25, -0.2) is 0 Å².